The third-order valence-corrected chi connectivity index (χ3v) is 6.13. The second-order valence-electron chi connectivity index (χ2n) is 7.79. The first kappa shape index (κ1) is 15.4. The maximum Gasteiger partial charge on any atom is 0.0164 e. The van der Waals surface area contributed by atoms with Crippen LogP contribution < -0.4 is 0 Å². The lowest BCUT2D eigenvalue weighted by Crippen LogP contribution is -2.13. The molecule has 0 saturated heterocycles. The molecule has 0 heterocycles. The SMILES string of the molecule is CC1=Cc2c(C)ccc(C)c2C1C1C(C)=Cc2c(C)ccc(C)c21. The Hall–Kier alpha value is -2.08. The van der Waals surface area contributed by atoms with E-state index in [2.05, 4.69) is 78.0 Å². The zero-order chi connectivity index (χ0) is 17.2. The van der Waals surface area contributed by atoms with E-state index in [-0.39, 0.29) is 0 Å². The lowest BCUT2D eigenvalue weighted by molar-refractivity contribution is 0.684. The highest BCUT2D eigenvalue weighted by Crippen LogP contribution is 2.54. The fourth-order valence-electron chi connectivity index (χ4n) is 4.87. The van der Waals surface area contributed by atoms with Crippen LogP contribution in [0.1, 0.15) is 70.2 Å². The summed E-state index contributed by atoms with van der Waals surface area (Å²) < 4.78 is 0. The molecule has 2 aliphatic carbocycles. The van der Waals surface area contributed by atoms with Crippen LogP contribution in [0.5, 0.6) is 0 Å². The number of hydrogen-bond acceptors (Lipinski definition) is 0. The first-order valence-electron chi connectivity index (χ1n) is 8.96. The Labute approximate surface area is 145 Å². The van der Waals surface area contributed by atoms with Crippen molar-refractivity contribution in [2.75, 3.05) is 0 Å². The number of fused-ring (bicyclic) bond motifs is 2. The number of rotatable bonds is 1. The summed E-state index contributed by atoms with van der Waals surface area (Å²) in [6, 6.07) is 9.12. The molecule has 0 aliphatic heterocycles. The number of allylic oxidation sites excluding steroid dienone is 2. The van der Waals surface area contributed by atoms with Gasteiger partial charge < -0.3 is 0 Å². The predicted molar refractivity (Wildman–Crippen MR) is 105 cm³/mol. The highest BCUT2D eigenvalue weighted by molar-refractivity contribution is 5.77. The molecule has 0 heteroatoms. The Morgan fingerprint density at radius 3 is 1.21 bits per heavy atom. The van der Waals surface area contributed by atoms with Gasteiger partial charge in [0.15, 0.2) is 0 Å². The number of hydrogen-bond donors (Lipinski definition) is 0. The van der Waals surface area contributed by atoms with E-state index in [0.717, 1.165) is 0 Å². The molecule has 2 unspecified atom stereocenters. The Balaban J connectivity index is 1.96. The normalized spacial score (nSPS) is 21.4. The minimum Gasteiger partial charge on any atom is -0.0642 e. The highest BCUT2D eigenvalue weighted by atomic mass is 14.4. The molecule has 0 fully saturated rings. The van der Waals surface area contributed by atoms with Crippen molar-refractivity contribution in [2.45, 2.75) is 53.4 Å². The minimum absolute atomic E-state index is 0.484. The van der Waals surface area contributed by atoms with Gasteiger partial charge in [0.2, 0.25) is 0 Å². The highest BCUT2D eigenvalue weighted by Gasteiger charge is 2.38. The van der Waals surface area contributed by atoms with Gasteiger partial charge in [-0.3, -0.25) is 0 Å². The molecule has 2 atom stereocenters. The van der Waals surface area contributed by atoms with E-state index in [0.29, 0.717) is 11.8 Å². The van der Waals surface area contributed by atoms with E-state index >= 15 is 0 Å². The van der Waals surface area contributed by atoms with Crippen molar-refractivity contribution in [1.82, 2.24) is 0 Å². The van der Waals surface area contributed by atoms with Crippen molar-refractivity contribution in [3.63, 3.8) is 0 Å². The Kier molecular flexibility index (Phi) is 3.35. The molecule has 0 aromatic heterocycles. The fraction of sp³-hybridized carbons (Fsp3) is 0.333. The summed E-state index contributed by atoms with van der Waals surface area (Å²) in [4.78, 5) is 0. The van der Waals surface area contributed by atoms with Crippen LogP contribution in [0, 0.1) is 27.7 Å². The molecular weight excluding hydrogens is 288 g/mol. The van der Waals surface area contributed by atoms with Crippen molar-refractivity contribution < 1.29 is 0 Å². The molecule has 2 aliphatic rings. The van der Waals surface area contributed by atoms with Gasteiger partial charge in [-0.05, 0) is 86.1 Å². The Morgan fingerprint density at radius 2 is 0.833 bits per heavy atom. The molecule has 0 nitrogen and oxygen atoms in total. The molecule has 4 rings (SSSR count). The predicted octanol–water partition coefficient (Wildman–Crippen LogP) is 6.62. The van der Waals surface area contributed by atoms with Crippen LogP contribution in [-0.2, 0) is 0 Å². The molecule has 0 saturated carbocycles. The standard InChI is InChI=1S/C24H26/c1-13-7-9-15(3)21-19(13)11-17(5)23(21)24-18(6)12-20-14(2)8-10-16(4)22(20)24/h7-12,23-24H,1-6H3. The van der Waals surface area contributed by atoms with Gasteiger partial charge in [-0.1, -0.05) is 47.6 Å². The van der Waals surface area contributed by atoms with Gasteiger partial charge in [-0.2, -0.15) is 0 Å². The minimum atomic E-state index is 0.484. The van der Waals surface area contributed by atoms with Gasteiger partial charge in [-0.15, -0.1) is 0 Å². The van der Waals surface area contributed by atoms with Gasteiger partial charge in [0, 0.05) is 11.8 Å². The average Bonchev–Trinajstić information content (AvgIpc) is 3.05. The topological polar surface area (TPSA) is 0 Å². The second-order valence-corrected chi connectivity index (χ2v) is 7.79. The third kappa shape index (κ3) is 1.99. The summed E-state index contributed by atoms with van der Waals surface area (Å²) in [5, 5.41) is 0. The third-order valence-electron chi connectivity index (χ3n) is 6.13. The summed E-state index contributed by atoms with van der Waals surface area (Å²) in [5.41, 5.74) is 14.7. The van der Waals surface area contributed by atoms with Gasteiger partial charge in [0.25, 0.3) is 0 Å². The number of benzene rings is 2. The molecule has 122 valence electrons. The first-order chi connectivity index (χ1) is 11.4. The molecular formula is C24H26. The van der Waals surface area contributed by atoms with Gasteiger partial charge in [-0.25, -0.2) is 0 Å². The van der Waals surface area contributed by atoms with E-state index in [9.17, 15) is 0 Å². The van der Waals surface area contributed by atoms with Crippen LogP contribution in [0.3, 0.4) is 0 Å². The lowest BCUT2D eigenvalue weighted by atomic mass is 9.75. The lowest BCUT2D eigenvalue weighted by Gasteiger charge is -2.28. The van der Waals surface area contributed by atoms with Crippen molar-refractivity contribution in [3.8, 4) is 0 Å². The van der Waals surface area contributed by atoms with E-state index in [1.165, 1.54) is 44.5 Å². The van der Waals surface area contributed by atoms with Crippen LogP contribution in [0.15, 0.2) is 35.4 Å². The quantitative estimate of drug-likeness (QED) is 0.554. The molecule has 0 spiro atoms. The molecule has 0 N–H and O–H groups in total. The number of aryl methyl sites for hydroxylation is 4. The average molecular weight is 314 g/mol. The maximum absolute atomic E-state index is 2.43. The largest absolute Gasteiger partial charge is 0.0642 e. The van der Waals surface area contributed by atoms with Gasteiger partial charge in [0.05, 0.1) is 0 Å². The van der Waals surface area contributed by atoms with Crippen molar-refractivity contribution in [1.29, 1.82) is 0 Å². The van der Waals surface area contributed by atoms with Crippen LogP contribution in [-0.4, -0.2) is 0 Å². The van der Waals surface area contributed by atoms with Crippen LogP contribution in [0.2, 0.25) is 0 Å². The van der Waals surface area contributed by atoms with Gasteiger partial charge >= 0.3 is 0 Å². The van der Waals surface area contributed by atoms with Crippen LogP contribution in [0.4, 0.5) is 0 Å². The molecule has 0 radical (unpaired) electrons. The summed E-state index contributed by atoms with van der Waals surface area (Å²) >= 11 is 0. The van der Waals surface area contributed by atoms with Crippen molar-refractivity contribution >= 4 is 12.2 Å². The summed E-state index contributed by atoms with van der Waals surface area (Å²) in [7, 11) is 0. The van der Waals surface area contributed by atoms with E-state index in [1.54, 1.807) is 11.1 Å². The molecule has 24 heavy (non-hydrogen) atoms. The summed E-state index contributed by atoms with van der Waals surface area (Å²) in [6.45, 7) is 13.7. The zero-order valence-electron chi connectivity index (χ0n) is 15.6. The molecule has 0 amide bonds. The van der Waals surface area contributed by atoms with Crippen molar-refractivity contribution in [2.24, 2.45) is 0 Å². The monoisotopic (exact) mass is 314 g/mol. The summed E-state index contributed by atoms with van der Waals surface area (Å²) in [5.74, 6) is 0.968. The van der Waals surface area contributed by atoms with Crippen LogP contribution in [0.25, 0.3) is 12.2 Å². The molecule has 2 aromatic carbocycles. The van der Waals surface area contributed by atoms with Crippen molar-refractivity contribution in [3.05, 3.63) is 79.9 Å². The second kappa shape index (κ2) is 5.21. The van der Waals surface area contributed by atoms with E-state index < -0.39 is 0 Å². The van der Waals surface area contributed by atoms with E-state index in [4.69, 9.17) is 0 Å². The maximum atomic E-state index is 2.43. The van der Waals surface area contributed by atoms with E-state index in [1.807, 2.05) is 0 Å². The zero-order valence-corrected chi connectivity index (χ0v) is 15.6. The smallest absolute Gasteiger partial charge is 0.0164 e. The Morgan fingerprint density at radius 1 is 0.500 bits per heavy atom. The van der Waals surface area contributed by atoms with Crippen LogP contribution >= 0.6 is 0 Å². The fourth-order valence-corrected chi connectivity index (χ4v) is 4.87. The first-order valence-corrected chi connectivity index (χ1v) is 8.96. The van der Waals surface area contributed by atoms with Gasteiger partial charge in [0.1, 0.15) is 0 Å². The molecule has 0 bridgehead atoms. The summed E-state index contributed by atoms with van der Waals surface area (Å²) in [6.07, 6.45) is 4.86. The molecule has 2 aromatic rings. The Bertz CT molecular complexity index is 844.